The molecule has 1 amide bonds. The predicted octanol–water partition coefficient (Wildman–Crippen LogP) is 6.87. The second kappa shape index (κ2) is 11.9. The maximum Gasteiger partial charge on any atom is 0.427 e. The molecule has 1 saturated heterocycles. The van der Waals surface area contributed by atoms with Crippen molar-refractivity contribution in [3.63, 3.8) is 0 Å². The van der Waals surface area contributed by atoms with E-state index >= 15 is 0 Å². The van der Waals surface area contributed by atoms with Gasteiger partial charge >= 0.3 is 6.09 Å². The molecule has 2 N–H and O–H groups in total. The average Bonchev–Trinajstić information content (AvgIpc) is 2.73. The molecule has 1 heterocycles. The Hall–Kier alpha value is -2.35. The van der Waals surface area contributed by atoms with Crippen LogP contribution >= 0.6 is 0 Å². The largest absolute Gasteiger partial charge is 0.493 e. The smallest absolute Gasteiger partial charge is 0.427 e. The monoisotopic (exact) mass is 482 g/mol. The number of benzene rings is 1. The van der Waals surface area contributed by atoms with Crippen LogP contribution in [0.25, 0.3) is 0 Å². The van der Waals surface area contributed by atoms with Crippen LogP contribution in [0, 0.1) is 28.9 Å². The topological polar surface area (TPSA) is 71.0 Å². The molecule has 6 nitrogen and oxygen atoms in total. The van der Waals surface area contributed by atoms with Crippen molar-refractivity contribution < 1.29 is 28.2 Å². The summed E-state index contributed by atoms with van der Waals surface area (Å²) in [6.07, 6.45) is 5.31. The first-order chi connectivity index (χ1) is 15.9. The van der Waals surface area contributed by atoms with Gasteiger partial charge in [-0.3, -0.25) is 0 Å². The molecule has 1 unspecified atom stereocenters. The predicted molar refractivity (Wildman–Crippen MR) is 129 cm³/mol. The molecule has 1 aromatic rings. The third-order valence-corrected chi connectivity index (χ3v) is 6.53. The van der Waals surface area contributed by atoms with E-state index in [0.29, 0.717) is 31.6 Å². The lowest BCUT2D eigenvalue weighted by atomic mass is 9.76. The van der Waals surface area contributed by atoms with Crippen LogP contribution in [-0.4, -0.2) is 30.0 Å². The summed E-state index contributed by atoms with van der Waals surface area (Å²) in [5.41, 5.74) is 1.53. The van der Waals surface area contributed by atoms with Crippen LogP contribution in [0.15, 0.2) is 30.2 Å². The van der Waals surface area contributed by atoms with E-state index in [9.17, 15) is 18.7 Å². The number of ether oxygens (including phenoxy) is 2. The number of aliphatic hydroxyl groups is 1. The van der Waals surface area contributed by atoms with Gasteiger partial charge in [-0.05, 0) is 81.9 Å². The quantitative estimate of drug-likeness (QED) is 0.328. The molecule has 2 rings (SSSR count). The van der Waals surface area contributed by atoms with Gasteiger partial charge in [0.2, 0.25) is 5.88 Å². The van der Waals surface area contributed by atoms with E-state index in [0.717, 1.165) is 42.8 Å². The van der Waals surface area contributed by atoms with Crippen LogP contribution in [0.5, 0.6) is 0 Å². The summed E-state index contributed by atoms with van der Waals surface area (Å²) in [5, 5.41) is 11.7. The van der Waals surface area contributed by atoms with E-state index in [1.165, 1.54) is 6.08 Å². The number of hydrogen-bond donors (Lipinski definition) is 2. The van der Waals surface area contributed by atoms with Gasteiger partial charge in [-0.25, -0.2) is 24.0 Å². The van der Waals surface area contributed by atoms with E-state index in [-0.39, 0.29) is 22.9 Å². The van der Waals surface area contributed by atoms with Gasteiger partial charge in [-0.15, -0.1) is 0 Å². The van der Waals surface area contributed by atoms with Crippen molar-refractivity contribution in [2.24, 2.45) is 17.3 Å². The number of nitrogens with zero attached hydrogens (tertiary/aromatic N) is 1. The summed E-state index contributed by atoms with van der Waals surface area (Å²) in [7, 11) is 0. The van der Waals surface area contributed by atoms with Gasteiger partial charge in [-0.2, -0.15) is 0 Å². The number of rotatable bonds is 7. The molecule has 0 aliphatic carbocycles. The van der Waals surface area contributed by atoms with Crippen molar-refractivity contribution in [2.45, 2.75) is 79.2 Å². The highest BCUT2D eigenvalue weighted by Crippen LogP contribution is 2.37. The Morgan fingerprint density at radius 2 is 2.03 bits per heavy atom. The summed E-state index contributed by atoms with van der Waals surface area (Å²) in [6, 6.07) is 2.88. The van der Waals surface area contributed by atoms with E-state index in [1.807, 2.05) is 0 Å². The van der Waals surface area contributed by atoms with E-state index < -0.39 is 23.3 Å². The van der Waals surface area contributed by atoms with Crippen molar-refractivity contribution in [2.75, 3.05) is 18.2 Å². The lowest BCUT2D eigenvalue weighted by molar-refractivity contribution is -0.0110. The molecule has 0 bridgehead atoms. The van der Waals surface area contributed by atoms with Crippen LogP contribution in [0.3, 0.4) is 0 Å². The molecule has 0 spiro atoms. The minimum absolute atomic E-state index is 0.162. The van der Waals surface area contributed by atoms with Crippen molar-refractivity contribution in [1.82, 2.24) is 5.43 Å². The van der Waals surface area contributed by atoms with Gasteiger partial charge in [0.05, 0.1) is 6.61 Å². The highest BCUT2D eigenvalue weighted by Gasteiger charge is 2.30. The van der Waals surface area contributed by atoms with Crippen LogP contribution in [0.1, 0.15) is 73.6 Å². The number of carbonyl (C=O) groups excluding carboxylic acids is 1. The molecule has 1 aliphatic heterocycles. The second-order valence-electron chi connectivity index (χ2n) is 10.5. The third-order valence-electron chi connectivity index (χ3n) is 6.53. The molecule has 0 radical (unpaired) electrons. The molecule has 0 saturated carbocycles. The lowest BCUT2D eigenvalue weighted by Crippen LogP contribution is -2.45. The van der Waals surface area contributed by atoms with Gasteiger partial charge in [0.25, 0.3) is 0 Å². The molecule has 8 heteroatoms. The minimum Gasteiger partial charge on any atom is -0.493 e. The van der Waals surface area contributed by atoms with Crippen molar-refractivity contribution >= 4 is 11.8 Å². The highest BCUT2D eigenvalue weighted by molar-refractivity contribution is 5.71. The molecular formula is C26H40F2N2O4. The molecule has 0 aromatic heterocycles. The van der Waals surface area contributed by atoms with Crippen molar-refractivity contribution in [3.8, 4) is 0 Å². The fraction of sp³-hybridized carbons (Fsp3) is 0.654. The Balaban J connectivity index is 2.24. The molecule has 1 fully saturated rings. The van der Waals surface area contributed by atoms with Gasteiger partial charge in [0, 0.05) is 12.7 Å². The number of amides is 1. The fourth-order valence-electron chi connectivity index (χ4n) is 4.16. The number of hydrazine groups is 1. The third kappa shape index (κ3) is 8.15. The number of carbonyl (C=O) groups is 1. The van der Waals surface area contributed by atoms with E-state index in [2.05, 4.69) is 26.2 Å². The standard InChI is InChI=1S/C26H40F2N2O4/c1-7-18-13-14-26(6,8-2)17-33-16-19(18)9-12-23(31)30(29-24(32)34-25(3,4)5)22-11-10-20(27)15-21(22)28/h10-12,15,18-19,31H,7-9,13-14,16-17H2,1-6H3,(H,29,32)/b23-12-/t18-,19?,26+/m0/s1. The summed E-state index contributed by atoms with van der Waals surface area (Å²) in [4.78, 5) is 12.4. The fourth-order valence-corrected chi connectivity index (χ4v) is 4.16. The Morgan fingerprint density at radius 3 is 2.62 bits per heavy atom. The van der Waals surface area contributed by atoms with Crippen LogP contribution in [0.4, 0.5) is 19.3 Å². The summed E-state index contributed by atoms with van der Waals surface area (Å²) < 4.78 is 39.3. The summed E-state index contributed by atoms with van der Waals surface area (Å²) in [6.45, 7) is 12.9. The zero-order valence-corrected chi connectivity index (χ0v) is 21.3. The van der Waals surface area contributed by atoms with Crippen LogP contribution in [0.2, 0.25) is 0 Å². The Morgan fingerprint density at radius 1 is 1.32 bits per heavy atom. The van der Waals surface area contributed by atoms with Gasteiger partial charge in [0.1, 0.15) is 17.1 Å². The highest BCUT2D eigenvalue weighted by atomic mass is 19.1. The van der Waals surface area contributed by atoms with Crippen molar-refractivity contribution in [1.29, 1.82) is 0 Å². The molecule has 1 aliphatic rings. The van der Waals surface area contributed by atoms with E-state index in [4.69, 9.17) is 9.47 Å². The number of hydrogen-bond acceptors (Lipinski definition) is 5. The Bertz CT molecular complexity index is 856. The molecule has 1 aromatic carbocycles. The van der Waals surface area contributed by atoms with Crippen molar-refractivity contribution in [3.05, 3.63) is 41.8 Å². The Labute approximate surface area is 202 Å². The number of aliphatic hydroxyl groups excluding tert-OH is 1. The van der Waals surface area contributed by atoms with Gasteiger partial charge < -0.3 is 14.6 Å². The first kappa shape index (κ1) is 27.9. The number of halogens is 2. The van der Waals surface area contributed by atoms with Crippen LogP contribution in [-0.2, 0) is 9.47 Å². The second-order valence-corrected chi connectivity index (χ2v) is 10.5. The normalized spacial score (nSPS) is 24.2. The number of allylic oxidation sites excluding steroid dienone is 1. The van der Waals surface area contributed by atoms with Crippen LogP contribution < -0.4 is 10.4 Å². The summed E-state index contributed by atoms with van der Waals surface area (Å²) >= 11 is 0. The molecule has 34 heavy (non-hydrogen) atoms. The van der Waals surface area contributed by atoms with E-state index in [1.54, 1.807) is 20.8 Å². The molecular weight excluding hydrogens is 442 g/mol. The zero-order chi connectivity index (χ0) is 25.5. The average molecular weight is 483 g/mol. The Kier molecular flexibility index (Phi) is 9.74. The first-order valence-corrected chi connectivity index (χ1v) is 12.1. The molecule has 3 atom stereocenters. The maximum absolute atomic E-state index is 14.5. The SMILES string of the molecule is CC[C@H]1CC[C@@](C)(CC)COCC1C/C=C(\O)N(NC(=O)OC(C)(C)C)c1ccc(F)cc1F. The summed E-state index contributed by atoms with van der Waals surface area (Å²) in [5.74, 6) is -1.51. The number of anilines is 1. The van der Waals surface area contributed by atoms with Gasteiger partial charge in [-0.1, -0.05) is 27.2 Å². The number of nitrogens with one attached hydrogen (secondary N) is 1. The lowest BCUT2D eigenvalue weighted by Gasteiger charge is -2.36. The molecule has 192 valence electrons. The first-order valence-electron chi connectivity index (χ1n) is 12.1. The van der Waals surface area contributed by atoms with Gasteiger partial charge in [0.15, 0.2) is 5.82 Å². The zero-order valence-electron chi connectivity index (χ0n) is 21.3. The maximum atomic E-state index is 14.5. The minimum atomic E-state index is -0.935.